The van der Waals surface area contributed by atoms with Crippen molar-refractivity contribution in [3.63, 3.8) is 0 Å². The summed E-state index contributed by atoms with van der Waals surface area (Å²) in [6.07, 6.45) is 1.70. The second-order valence-corrected chi connectivity index (χ2v) is 5.94. The van der Waals surface area contributed by atoms with Crippen LogP contribution in [-0.4, -0.2) is 12.1 Å². The normalized spacial score (nSPS) is 10.7. The number of nitrogens with one attached hydrogen (secondary N) is 1. The summed E-state index contributed by atoms with van der Waals surface area (Å²) in [4.78, 5) is 11.8. The number of carbonyl (C=O) groups excluding carboxylic acids is 1. The summed E-state index contributed by atoms with van der Waals surface area (Å²) in [5.41, 5.74) is 5.13. The Hall–Kier alpha value is -3.47. The van der Waals surface area contributed by atoms with E-state index in [-0.39, 0.29) is 18.1 Å². The fourth-order valence-electron chi connectivity index (χ4n) is 2.40. The molecule has 3 aromatic rings. The summed E-state index contributed by atoms with van der Waals surface area (Å²) in [5.74, 6) is 0.172. The molecule has 136 valence electrons. The van der Waals surface area contributed by atoms with Crippen LogP contribution in [0, 0.1) is 5.82 Å². The number of nitrogens with zero attached hydrogens (tertiary/aromatic N) is 1. The van der Waals surface area contributed by atoms with Crippen molar-refractivity contribution in [2.45, 2.75) is 13.0 Å². The molecule has 0 saturated heterocycles. The summed E-state index contributed by atoms with van der Waals surface area (Å²) in [6.45, 7) is 0.508. The minimum Gasteiger partial charge on any atom is -0.489 e. The largest absolute Gasteiger partial charge is 0.489 e. The molecule has 4 nitrogen and oxygen atoms in total. The highest BCUT2D eigenvalue weighted by Gasteiger charge is 2.02. The van der Waals surface area contributed by atoms with E-state index in [1.165, 1.54) is 12.1 Å². The lowest BCUT2D eigenvalue weighted by atomic mass is 10.1. The van der Waals surface area contributed by atoms with Gasteiger partial charge in [0.25, 0.3) is 0 Å². The lowest BCUT2D eigenvalue weighted by molar-refractivity contribution is -0.120. The smallest absolute Gasteiger partial charge is 0.244 e. The molecule has 3 rings (SSSR count). The van der Waals surface area contributed by atoms with Gasteiger partial charge in [-0.25, -0.2) is 9.82 Å². The zero-order valence-electron chi connectivity index (χ0n) is 14.6. The second kappa shape index (κ2) is 9.29. The van der Waals surface area contributed by atoms with E-state index in [2.05, 4.69) is 10.5 Å². The zero-order chi connectivity index (χ0) is 18.9. The van der Waals surface area contributed by atoms with Gasteiger partial charge in [0.2, 0.25) is 5.91 Å². The lowest BCUT2D eigenvalue weighted by Crippen LogP contribution is -2.19. The van der Waals surface area contributed by atoms with Crippen LogP contribution in [0.3, 0.4) is 0 Å². The Balaban J connectivity index is 1.46. The summed E-state index contributed by atoms with van der Waals surface area (Å²) >= 11 is 0. The van der Waals surface area contributed by atoms with Crippen LogP contribution in [0.5, 0.6) is 5.75 Å². The standard InChI is InChI=1S/C22H19FN2O2/c23-20-10-6-17(7-11-20)14-22(26)25-24-15-18-8-12-21(13-9-18)27-16-19-4-2-1-3-5-19/h1-13,15H,14,16H2,(H,25,26)/b24-15-. The minimum absolute atomic E-state index is 0.143. The highest BCUT2D eigenvalue weighted by Crippen LogP contribution is 2.13. The predicted molar refractivity (Wildman–Crippen MR) is 103 cm³/mol. The number of hydrogen-bond donors (Lipinski definition) is 1. The van der Waals surface area contributed by atoms with Crippen molar-refractivity contribution < 1.29 is 13.9 Å². The number of hydrogen-bond acceptors (Lipinski definition) is 3. The van der Waals surface area contributed by atoms with Crippen LogP contribution in [0.1, 0.15) is 16.7 Å². The molecular formula is C22H19FN2O2. The van der Waals surface area contributed by atoms with E-state index in [9.17, 15) is 9.18 Å². The maximum absolute atomic E-state index is 12.8. The van der Waals surface area contributed by atoms with E-state index < -0.39 is 0 Å². The molecular weight excluding hydrogens is 343 g/mol. The molecule has 27 heavy (non-hydrogen) atoms. The topological polar surface area (TPSA) is 50.7 Å². The van der Waals surface area contributed by atoms with Crippen molar-refractivity contribution in [3.8, 4) is 5.75 Å². The Morgan fingerprint density at radius 2 is 1.63 bits per heavy atom. The quantitative estimate of drug-likeness (QED) is 0.508. The van der Waals surface area contributed by atoms with Crippen LogP contribution in [0.25, 0.3) is 0 Å². The van der Waals surface area contributed by atoms with Gasteiger partial charge in [0.05, 0.1) is 12.6 Å². The number of ether oxygens (including phenoxy) is 1. The molecule has 0 bridgehead atoms. The molecule has 1 N–H and O–H groups in total. The molecule has 0 heterocycles. The van der Waals surface area contributed by atoms with Gasteiger partial charge in [-0.05, 0) is 53.1 Å². The highest BCUT2D eigenvalue weighted by molar-refractivity contribution is 5.83. The van der Waals surface area contributed by atoms with Gasteiger partial charge in [-0.1, -0.05) is 42.5 Å². The maximum atomic E-state index is 12.8. The van der Waals surface area contributed by atoms with E-state index in [0.717, 1.165) is 22.4 Å². The molecule has 0 aliphatic carbocycles. The molecule has 1 amide bonds. The number of carbonyl (C=O) groups is 1. The van der Waals surface area contributed by atoms with Gasteiger partial charge in [-0.15, -0.1) is 0 Å². The third kappa shape index (κ3) is 6.08. The number of benzene rings is 3. The van der Waals surface area contributed by atoms with Crippen LogP contribution in [-0.2, 0) is 17.8 Å². The molecule has 0 spiro atoms. The van der Waals surface area contributed by atoms with Crippen molar-refractivity contribution in [2.24, 2.45) is 5.10 Å². The predicted octanol–water partition coefficient (Wildman–Crippen LogP) is 4.10. The first-order valence-corrected chi connectivity index (χ1v) is 8.52. The van der Waals surface area contributed by atoms with Gasteiger partial charge < -0.3 is 4.74 Å². The summed E-state index contributed by atoms with van der Waals surface area (Å²) < 4.78 is 18.6. The molecule has 5 heteroatoms. The molecule has 3 aromatic carbocycles. The van der Waals surface area contributed by atoms with Crippen molar-refractivity contribution >= 4 is 12.1 Å². The second-order valence-electron chi connectivity index (χ2n) is 5.94. The summed E-state index contributed by atoms with van der Waals surface area (Å²) in [5, 5.41) is 3.94. The third-order valence-corrected chi connectivity index (χ3v) is 3.81. The average Bonchev–Trinajstić information content (AvgIpc) is 2.70. The van der Waals surface area contributed by atoms with Crippen LogP contribution in [0.2, 0.25) is 0 Å². The SMILES string of the molecule is O=C(Cc1ccc(F)cc1)N/N=C\c1ccc(OCc2ccccc2)cc1. The van der Waals surface area contributed by atoms with Crippen molar-refractivity contribution in [1.82, 2.24) is 5.43 Å². The molecule has 0 fully saturated rings. The Morgan fingerprint density at radius 1 is 0.926 bits per heavy atom. The van der Waals surface area contributed by atoms with E-state index >= 15 is 0 Å². The molecule has 0 aromatic heterocycles. The van der Waals surface area contributed by atoms with Gasteiger partial charge >= 0.3 is 0 Å². The molecule has 0 radical (unpaired) electrons. The molecule has 0 aliphatic heterocycles. The third-order valence-electron chi connectivity index (χ3n) is 3.81. The van der Waals surface area contributed by atoms with Crippen molar-refractivity contribution in [2.75, 3.05) is 0 Å². The Morgan fingerprint density at radius 3 is 2.33 bits per heavy atom. The van der Waals surface area contributed by atoms with Gasteiger partial charge in [-0.2, -0.15) is 5.10 Å². The van der Waals surface area contributed by atoms with Crippen LogP contribution < -0.4 is 10.2 Å². The fraction of sp³-hybridized carbons (Fsp3) is 0.0909. The van der Waals surface area contributed by atoms with Crippen molar-refractivity contribution in [3.05, 3.63) is 101 Å². The Kier molecular flexibility index (Phi) is 6.30. The first-order chi connectivity index (χ1) is 13.2. The van der Waals surface area contributed by atoms with Crippen molar-refractivity contribution in [1.29, 1.82) is 0 Å². The van der Waals surface area contributed by atoms with E-state index in [1.807, 2.05) is 54.6 Å². The molecule has 0 unspecified atom stereocenters. The fourth-order valence-corrected chi connectivity index (χ4v) is 2.40. The van der Waals surface area contributed by atoms with E-state index in [1.54, 1.807) is 18.3 Å². The molecule has 0 atom stereocenters. The maximum Gasteiger partial charge on any atom is 0.244 e. The highest BCUT2D eigenvalue weighted by atomic mass is 19.1. The van der Waals surface area contributed by atoms with Gasteiger partial charge in [0.15, 0.2) is 0 Å². The number of halogens is 1. The number of amides is 1. The lowest BCUT2D eigenvalue weighted by Gasteiger charge is -2.06. The summed E-state index contributed by atoms with van der Waals surface area (Å²) in [6, 6.07) is 23.2. The first kappa shape index (κ1) is 18.3. The Bertz CT molecular complexity index is 892. The zero-order valence-corrected chi connectivity index (χ0v) is 14.6. The monoisotopic (exact) mass is 362 g/mol. The van der Waals surface area contributed by atoms with E-state index in [0.29, 0.717) is 6.61 Å². The number of rotatable bonds is 7. The van der Waals surface area contributed by atoms with Crippen LogP contribution in [0.15, 0.2) is 84.0 Å². The first-order valence-electron chi connectivity index (χ1n) is 8.52. The van der Waals surface area contributed by atoms with Gasteiger partial charge in [0.1, 0.15) is 18.2 Å². The molecule has 0 saturated carbocycles. The van der Waals surface area contributed by atoms with Crippen LogP contribution >= 0.6 is 0 Å². The summed E-state index contributed by atoms with van der Waals surface area (Å²) in [7, 11) is 0. The molecule has 0 aliphatic rings. The number of hydrazone groups is 1. The van der Waals surface area contributed by atoms with Gasteiger partial charge in [0, 0.05) is 0 Å². The Labute approximate surface area is 157 Å². The van der Waals surface area contributed by atoms with E-state index in [4.69, 9.17) is 4.74 Å². The van der Waals surface area contributed by atoms with Gasteiger partial charge in [-0.3, -0.25) is 4.79 Å². The minimum atomic E-state index is -0.326. The van der Waals surface area contributed by atoms with Crippen LogP contribution in [0.4, 0.5) is 4.39 Å². The average molecular weight is 362 g/mol.